The molecule has 5 rings (SSSR count). The lowest BCUT2D eigenvalue weighted by molar-refractivity contribution is -0.129. The minimum atomic E-state index is -0.0555. The number of aromatic nitrogens is 1. The van der Waals surface area contributed by atoms with E-state index in [-0.39, 0.29) is 12.0 Å². The van der Waals surface area contributed by atoms with Crippen LogP contribution in [0.2, 0.25) is 0 Å². The van der Waals surface area contributed by atoms with Gasteiger partial charge in [-0.3, -0.25) is 4.79 Å². The van der Waals surface area contributed by atoms with E-state index < -0.39 is 0 Å². The summed E-state index contributed by atoms with van der Waals surface area (Å²) in [5.74, 6) is 5.41. The molecule has 4 saturated carbocycles. The van der Waals surface area contributed by atoms with Crippen LogP contribution in [0.25, 0.3) is 0 Å². The predicted octanol–water partition coefficient (Wildman–Crippen LogP) is 6.46. The average molecular weight is 453 g/mol. The molecule has 1 aromatic heterocycles. The Balaban J connectivity index is 1.22. The van der Waals surface area contributed by atoms with Crippen LogP contribution in [0.3, 0.4) is 0 Å². The number of anilines is 1. The van der Waals surface area contributed by atoms with Crippen molar-refractivity contribution in [1.82, 2.24) is 4.98 Å². The summed E-state index contributed by atoms with van der Waals surface area (Å²) in [6, 6.07) is 5.63. The van der Waals surface area contributed by atoms with E-state index in [1.54, 1.807) is 6.20 Å². The van der Waals surface area contributed by atoms with E-state index in [1.165, 1.54) is 44.9 Å². The van der Waals surface area contributed by atoms with Crippen LogP contribution >= 0.6 is 0 Å². The third-order valence-corrected chi connectivity index (χ3v) is 11.2. The highest BCUT2D eigenvalue weighted by Crippen LogP contribution is 2.68. The van der Waals surface area contributed by atoms with Gasteiger partial charge in [-0.25, -0.2) is 4.98 Å². The molecule has 0 radical (unpaired) electrons. The highest BCUT2D eigenvalue weighted by Gasteiger charge is 2.60. The Hall–Kier alpha value is -1.42. The van der Waals surface area contributed by atoms with Crippen LogP contribution in [-0.4, -0.2) is 22.1 Å². The SMILES string of the molecule is C[C@H](CCC(=O)Nc1ccccn1)[C@H]1CC[C@H]2[C@@H]3CC[C@@H]4C[C@H](O)CC[C@]4(C)[C@H]3CC[C@]12C. The van der Waals surface area contributed by atoms with Gasteiger partial charge in [0.25, 0.3) is 0 Å². The number of nitrogens with zero attached hydrogens (tertiary/aromatic N) is 1. The molecule has 1 aromatic rings. The van der Waals surface area contributed by atoms with E-state index in [2.05, 4.69) is 31.1 Å². The van der Waals surface area contributed by atoms with E-state index in [9.17, 15) is 9.90 Å². The molecule has 1 heterocycles. The van der Waals surface area contributed by atoms with E-state index in [4.69, 9.17) is 0 Å². The van der Waals surface area contributed by atoms with E-state index in [0.29, 0.717) is 29.0 Å². The first-order valence-electron chi connectivity index (χ1n) is 13.7. The van der Waals surface area contributed by atoms with E-state index in [0.717, 1.165) is 48.9 Å². The molecule has 4 aliphatic rings. The maximum atomic E-state index is 12.5. The number of carbonyl (C=O) groups excluding carboxylic acids is 1. The predicted molar refractivity (Wildman–Crippen MR) is 132 cm³/mol. The minimum Gasteiger partial charge on any atom is -0.393 e. The summed E-state index contributed by atoms with van der Waals surface area (Å²) in [6.07, 6.45) is 14.7. The van der Waals surface area contributed by atoms with Crippen molar-refractivity contribution in [3.05, 3.63) is 24.4 Å². The van der Waals surface area contributed by atoms with Crippen LogP contribution in [-0.2, 0) is 4.79 Å². The van der Waals surface area contributed by atoms with Crippen molar-refractivity contribution in [3.8, 4) is 0 Å². The summed E-state index contributed by atoms with van der Waals surface area (Å²) >= 11 is 0. The second-order valence-electron chi connectivity index (χ2n) is 12.6. The smallest absolute Gasteiger partial charge is 0.225 e. The number of hydrogen-bond acceptors (Lipinski definition) is 3. The lowest BCUT2D eigenvalue weighted by atomic mass is 9.44. The third-order valence-electron chi connectivity index (χ3n) is 11.2. The van der Waals surface area contributed by atoms with Crippen molar-refractivity contribution >= 4 is 11.7 Å². The Labute approximate surface area is 200 Å². The van der Waals surface area contributed by atoms with Crippen LogP contribution in [0.1, 0.15) is 91.4 Å². The zero-order valence-electron chi connectivity index (χ0n) is 20.9. The summed E-state index contributed by atoms with van der Waals surface area (Å²) in [6.45, 7) is 7.59. The number of aliphatic hydroxyl groups excluding tert-OH is 1. The molecule has 4 nitrogen and oxygen atoms in total. The Bertz CT molecular complexity index is 843. The van der Waals surface area contributed by atoms with Gasteiger partial charge < -0.3 is 10.4 Å². The van der Waals surface area contributed by atoms with Crippen molar-refractivity contribution < 1.29 is 9.90 Å². The number of amides is 1. The fourth-order valence-electron chi connectivity index (χ4n) is 9.41. The largest absolute Gasteiger partial charge is 0.393 e. The van der Waals surface area contributed by atoms with Crippen molar-refractivity contribution in [1.29, 1.82) is 0 Å². The van der Waals surface area contributed by atoms with Gasteiger partial charge >= 0.3 is 0 Å². The zero-order chi connectivity index (χ0) is 23.2. The molecule has 0 bridgehead atoms. The van der Waals surface area contributed by atoms with E-state index >= 15 is 0 Å². The fraction of sp³-hybridized carbons (Fsp3) is 0.793. The number of pyridine rings is 1. The van der Waals surface area contributed by atoms with Crippen molar-refractivity contribution in [2.75, 3.05) is 5.32 Å². The standard InChI is InChI=1S/C29H44N2O2/c1-19(7-12-27(33)31-26-6-4-5-17-30-26)23-10-11-24-22-9-8-20-18-21(32)13-15-28(20,2)25(22)14-16-29(23,24)3/h4-6,17,19-25,32H,7-16,18H2,1-3H3,(H,30,31,33)/t19-,20-,21-,22+,23-,24+,25+,28+,29-/m1/s1. The molecule has 4 heteroatoms. The molecule has 9 atom stereocenters. The van der Waals surface area contributed by atoms with Gasteiger partial charge in [0.15, 0.2) is 0 Å². The molecule has 182 valence electrons. The van der Waals surface area contributed by atoms with Gasteiger partial charge in [0.05, 0.1) is 6.10 Å². The summed E-state index contributed by atoms with van der Waals surface area (Å²) in [4.78, 5) is 16.7. The first-order chi connectivity index (χ1) is 15.8. The van der Waals surface area contributed by atoms with Crippen molar-refractivity contribution in [2.24, 2.45) is 46.3 Å². The highest BCUT2D eigenvalue weighted by atomic mass is 16.3. The molecular weight excluding hydrogens is 408 g/mol. The number of rotatable bonds is 5. The topological polar surface area (TPSA) is 62.2 Å². The molecule has 0 unspecified atom stereocenters. The van der Waals surface area contributed by atoms with Crippen molar-refractivity contribution in [3.63, 3.8) is 0 Å². The Morgan fingerprint density at radius 1 is 1.09 bits per heavy atom. The molecule has 0 spiro atoms. The van der Waals surface area contributed by atoms with Gasteiger partial charge in [-0.15, -0.1) is 0 Å². The highest BCUT2D eigenvalue weighted by molar-refractivity contribution is 5.89. The molecular formula is C29H44N2O2. The maximum absolute atomic E-state index is 12.5. The summed E-state index contributed by atoms with van der Waals surface area (Å²) in [5.41, 5.74) is 0.895. The van der Waals surface area contributed by atoms with Crippen LogP contribution in [0.4, 0.5) is 5.82 Å². The van der Waals surface area contributed by atoms with Crippen LogP contribution in [0, 0.1) is 46.3 Å². The van der Waals surface area contributed by atoms with Gasteiger partial charge in [0.1, 0.15) is 5.82 Å². The van der Waals surface area contributed by atoms with Gasteiger partial charge in [-0.2, -0.15) is 0 Å². The molecule has 0 saturated heterocycles. The Morgan fingerprint density at radius 3 is 2.67 bits per heavy atom. The normalized spacial score (nSPS) is 43.2. The number of nitrogens with one attached hydrogen (secondary N) is 1. The van der Waals surface area contributed by atoms with E-state index in [1.807, 2.05) is 18.2 Å². The number of fused-ring (bicyclic) bond motifs is 5. The second-order valence-corrected chi connectivity index (χ2v) is 12.6. The third kappa shape index (κ3) is 4.15. The van der Waals surface area contributed by atoms with Gasteiger partial charge in [-0.05, 0) is 123 Å². The van der Waals surface area contributed by atoms with Gasteiger partial charge in [0, 0.05) is 12.6 Å². The summed E-state index contributed by atoms with van der Waals surface area (Å²) in [5, 5.41) is 13.2. The molecule has 0 aromatic carbocycles. The lowest BCUT2D eigenvalue weighted by Crippen LogP contribution is -2.54. The Kier molecular flexibility index (Phi) is 6.35. The minimum absolute atomic E-state index is 0.0555. The van der Waals surface area contributed by atoms with Crippen molar-refractivity contribution in [2.45, 2.75) is 97.5 Å². The maximum Gasteiger partial charge on any atom is 0.225 e. The van der Waals surface area contributed by atoms with Gasteiger partial charge in [0.2, 0.25) is 5.91 Å². The summed E-state index contributed by atoms with van der Waals surface area (Å²) < 4.78 is 0. The zero-order valence-corrected chi connectivity index (χ0v) is 20.9. The monoisotopic (exact) mass is 452 g/mol. The van der Waals surface area contributed by atoms with Crippen LogP contribution in [0.15, 0.2) is 24.4 Å². The molecule has 1 amide bonds. The number of hydrogen-bond donors (Lipinski definition) is 2. The molecule has 0 aliphatic heterocycles. The van der Waals surface area contributed by atoms with Gasteiger partial charge in [-0.1, -0.05) is 26.8 Å². The van der Waals surface area contributed by atoms with Crippen LogP contribution in [0.5, 0.6) is 0 Å². The summed E-state index contributed by atoms with van der Waals surface area (Å²) in [7, 11) is 0. The number of carbonyl (C=O) groups is 1. The lowest BCUT2D eigenvalue weighted by Gasteiger charge is -2.61. The average Bonchev–Trinajstić information content (AvgIpc) is 3.16. The fourth-order valence-corrected chi connectivity index (χ4v) is 9.41. The second kappa shape index (κ2) is 8.98. The van der Waals surface area contributed by atoms with Crippen LogP contribution < -0.4 is 5.32 Å². The number of aliphatic hydroxyl groups is 1. The molecule has 4 aliphatic carbocycles. The molecule has 33 heavy (non-hydrogen) atoms. The molecule has 2 N–H and O–H groups in total. The Morgan fingerprint density at radius 2 is 1.88 bits per heavy atom. The first kappa shape index (κ1) is 23.3. The quantitative estimate of drug-likeness (QED) is 0.539. The molecule has 4 fully saturated rings. The first-order valence-corrected chi connectivity index (χ1v) is 13.7.